The van der Waals surface area contributed by atoms with Crippen LogP contribution < -0.4 is 5.32 Å². The first-order valence-corrected chi connectivity index (χ1v) is 11.7. The summed E-state index contributed by atoms with van der Waals surface area (Å²) in [7, 11) is 0. The molecule has 8 heteroatoms. The summed E-state index contributed by atoms with van der Waals surface area (Å²) < 4.78 is 5.27. The van der Waals surface area contributed by atoms with Crippen molar-refractivity contribution < 1.29 is 9.21 Å². The van der Waals surface area contributed by atoms with Crippen LogP contribution in [0.4, 0.5) is 0 Å². The van der Waals surface area contributed by atoms with E-state index in [4.69, 9.17) is 9.41 Å². The third-order valence-corrected chi connectivity index (χ3v) is 6.54. The molecule has 1 amide bonds. The molecular formula is C25H36IN5O2. The number of rotatable bonds is 5. The second-order valence-corrected chi connectivity index (χ2v) is 9.18. The van der Waals surface area contributed by atoms with Crippen molar-refractivity contribution in [2.24, 2.45) is 4.99 Å². The summed E-state index contributed by atoms with van der Waals surface area (Å²) in [6, 6.07) is 12.2. The van der Waals surface area contributed by atoms with Crippen LogP contribution in [-0.4, -0.2) is 77.9 Å². The number of piperazine rings is 1. The van der Waals surface area contributed by atoms with Crippen LogP contribution in [0, 0.1) is 0 Å². The topological polar surface area (TPSA) is 64.3 Å². The highest BCUT2D eigenvalue weighted by Gasteiger charge is 2.30. The Morgan fingerprint density at radius 3 is 2.39 bits per heavy atom. The van der Waals surface area contributed by atoms with Crippen molar-refractivity contribution >= 4 is 35.8 Å². The zero-order valence-corrected chi connectivity index (χ0v) is 22.2. The molecule has 1 aromatic heterocycles. The molecule has 0 bridgehead atoms. The van der Waals surface area contributed by atoms with Gasteiger partial charge in [0.25, 0.3) is 5.91 Å². The number of carbonyl (C=O) groups excluding carboxylic acids is 1. The lowest BCUT2D eigenvalue weighted by Crippen LogP contribution is -2.54. The quantitative estimate of drug-likeness (QED) is 0.342. The van der Waals surface area contributed by atoms with Crippen molar-refractivity contribution in [3.8, 4) is 0 Å². The standard InChI is InChI=1S/C25H35N5O2.HI/c1-4-26-24(29-15-13-28(14-16-29)23(31)22-10-7-17-32-22)27-19-25(2,3)30-12-11-20-8-5-6-9-21(20)18-30;/h5-10,17H,4,11-16,18-19H2,1-3H3,(H,26,27);1H. The number of fused-ring (bicyclic) bond motifs is 1. The lowest BCUT2D eigenvalue weighted by Gasteiger charge is -2.41. The summed E-state index contributed by atoms with van der Waals surface area (Å²) in [6.07, 6.45) is 2.64. The number of benzene rings is 1. The van der Waals surface area contributed by atoms with E-state index in [9.17, 15) is 4.79 Å². The molecule has 1 N–H and O–H groups in total. The minimum Gasteiger partial charge on any atom is -0.459 e. The second kappa shape index (κ2) is 11.4. The largest absolute Gasteiger partial charge is 0.459 e. The predicted molar refractivity (Wildman–Crippen MR) is 142 cm³/mol. The Morgan fingerprint density at radius 1 is 1.03 bits per heavy atom. The molecule has 0 spiro atoms. The highest BCUT2D eigenvalue weighted by atomic mass is 127. The van der Waals surface area contributed by atoms with E-state index in [0.717, 1.165) is 51.6 Å². The van der Waals surface area contributed by atoms with Gasteiger partial charge in [0.2, 0.25) is 0 Å². The van der Waals surface area contributed by atoms with E-state index in [1.54, 1.807) is 18.4 Å². The first-order valence-electron chi connectivity index (χ1n) is 11.7. The fourth-order valence-electron chi connectivity index (χ4n) is 4.48. The van der Waals surface area contributed by atoms with Gasteiger partial charge in [0.05, 0.1) is 12.8 Å². The number of nitrogens with zero attached hydrogens (tertiary/aromatic N) is 4. The van der Waals surface area contributed by atoms with Crippen LogP contribution in [0.1, 0.15) is 42.5 Å². The van der Waals surface area contributed by atoms with Gasteiger partial charge < -0.3 is 19.5 Å². The maximum Gasteiger partial charge on any atom is 0.289 e. The molecule has 1 aromatic carbocycles. The molecule has 0 aliphatic carbocycles. The Bertz CT molecular complexity index is 936. The molecule has 0 saturated carbocycles. The van der Waals surface area contributed by atoms with Crippen LogP contribution in [0.15, 0.2) is 52.1 Å². The van der Waals surface area contributed by atoms with Gasteiger partial charge in [-0.15, -0.1) is 24.0 Å². The van der Waals surface area contributed by atoms with Gasteiger partial charge in [-0.3, -0.25) is 14.7 Å². The summed E-state index contributed by atoms with van der Waals surface area (Å²) in [5.41, 5.74) is 2.86. The number of amides is 1. The number of guanidine groups is 1. The molecular weight excluding hydrogens is 529 g/mol. The number of hydrogen-bond acceptors (Lipinski definition) is 4. The molecule has 2 aliphatic rings. The third kappa shape index (κ3) is 6.09. The monoisotopic (exact) mass is 565 g/mol. The Balaban J connectivity index is 0.00000306. The van der Waals surface area contributed by atoms with Gasteiger partial charge in [0, 0.05) is 51.4 Å². The van der Waals surface area contributed by atoms with E-state index in [1.165, 1.54) is 11.1 Å². The van der Waals surface area contributed by atoms with Crippen molar-refractivity contribution in [3.05, 3.63) is 59.5 Å². The van der Waals surface area contributed by atoms with Crippen molar-refractivity contribution in [2.75, 3.05) is 45.8 Å². The SMILES string of the molecule is CCNC(=NCC(C)(C)N1CCc2ccccc2C1)N1CCN(C(=O)c2ccco2)CC1.I. The summed E-state index contributed by atoms with van der Waals surface area (Å²) in [4.78, 5) is 24.2. The molecule has 2 aromatic rings. The van der Waals surface area contributed by atoms with E-state index in [-0.39, 0.29) is 35.4 Å². The number of furan rings is 1. The van der Waals surface area contributed by atoms with E-state index in [2.05, 4.69) is 60.2 Å². The van der Waals surface area contributed by atoms with E-state index in [0.29, 0.717) is 18.8 Å². The van der Waals surface area contributed by atoms with Crippen LogP contribution in [-0.2, 0) is 13.0 Å². The first kappa shape index (κ1) is 25.6. The number of carbonyl (C=O) groups is 1. The minimum absolute atomic E-state index is 0. The highest BCUT2D eigenvalue weighted by molar-refractivity contribution is 14.0. The number of aliphatic imine (C=N–C) groups is 1. The van der Waals surface area contributed by atoms with Crippen LogP contribution in [0.2, 0.25) is 0 Å². The Kier molecular flexibility index (Phi) is 8.81. The molecule has 180 valence electrons. The van der Waals surface area contributed by atoms with Gasteiger partial charge in [-0.2, -0.15) is 0 Å². The molecule has 33 heavy (non-hydrogen) atoms. The summed E-state index contributed by atoms with van der Waals surface area (Å²) in [6.45, 7) is 13.1. The zero-order valence-electron chi connectivity index (χ0n) is 19.9. The molecule has 2 aliphatic heterocycles. The predicted octanol–water partition coefficient (Wildman–Crippen LogP) is 3.46. The summed E-state index contributed by atoms with van der Waals surface area (Å²) in [5, 5.41) is 3.45. The summed E-state index contributed by atoms with van der Waals surface area (Å²) >= 11 is 0. The van der Waals surface area contributed by atoms with Crippen molar-refractivity contribution in [3.63, 3.8) is 0 Å². The van der Waals surface area contributed by atoms with Gasteiger partial charge in [0.15, 0.2) is 11.7 Å². The van der Waals surface area contributed by atoms with Gasteiger partial charge in [-0.25, -0.2) is 0 Å². The fourth-order valence-corrected chi connectivity index (χ4v) is 4.48. The smallest absolute Gasteiger partial charge is 0.289 e. The molecule has 1 saturated heterocycles. The molecule has 0 unspecified atom stereocenters. The number of nitrogens with one attached hydrogen (secondary N) is 1. The third-order valence-electron chi connectivity index (χ3n) is 6.54. The first-order chi connectivity index (χ1) is 15.5. The maximum absolute atomic E-state index is 12.5. The van der Waals surface area contributed by atoms with E-state index < -0.39 is 0 Å². The number of hydrogen-bond donors (Lipinski definition) is 1. The number of halogens is 1. The van der Waals surface area contributed by atoms with E-state index in [1.807, 2.05) is 4.90 Å². The van der Waals surface area contributed by atoms with Gasteiger partial charge in [0.1, 0.15) is 0 Å². The van der Waals surface area contributed by atoms with Crippen LogP contribution in [0.3, 0.4) is 0 Å². The van der Waals surface area contributed by atoms with Crippen molar-refractivity contribution in [1.29, 1.82) is 0 Å². The second-order valence-electron chi connectivity index (χ2n) is 9.18. The lowest BCUT2D eigenvalue weighted by molar-refractivity contribution is 0.0657. The average Bonchev–Trinajstić information content (AvgIpc) is 3.36. The van der Waals surface area contributed by atoms with Crippen LogP contribution in [0.25, 0.3) is 0 Å². The van der Waals surface area contributed by atoms with E-state index >= 15 is 0 Å². The minimum atomic E-state index is -0.0388. The molecule has 7 nitrogen and oxygen atoms in total. The Labute approximate surface area is 214 Å². The van der Waals surface area contributed by atoms with Gasteiger partial charge >= 0.3 is 0 Å². The van der Waals surface area contributed by atoms with Crippen molar-refractivity contribution in [2.45, 2.75) is 39.3 Å². The molecule has 4 rings (SSSR count). The van der Waals surface area contributed by atoms with Gasteiger partial charge in [-0.05, 0) is 50.5 Å². The van der Waals surface area contributed by atoms with Crippen LogP contribution >= 0.6 is 24.0 Å². The van der Waals surface area contributed by atoms with Crippen LogP contribution in [0.5, 0.6) is 0 Å². The lowest BCUT2D eigenvalue weighted by atomic mass is 9.94. The molecule has 0 radical (unpaired) electrons. The highest BCUT2D eigenvalue weighted by Crippen LogP contribution is 2.25. The molecule has 3 heterocycles. The van der Waals surface area contributed by atoms with Gasteiger partial charge in [-0.1, -0.05) is 24.3 Å². The Hall–Kier alpha value is -2.07. The Morgan fingerprint density at radius 2 is 1.73 bits per heavy atom. The fraction of sp³-hybridized carbons (Fsp3) is 0.520. The zero-order chi connectivity index (χ0) is 22.6. The average molecular weight is 566 g/mol. The summed E-state index contributed by atoms with van der Waals surface area (Å²) in [5.74, 6) is 1.30. The van der Waals surface area contributed by atoms with Crippen molar-refractivity contribution in [1.82, 2.24) is 20.0 Å². The molecule has 0 atom stereocenters. The normalized spacial score (nSPS) is 17.4. The molecule has 1 fully saturated rings. The maximum atomic E-state index is 12.5.